The number of hydrogen-bond donors (Lipinski definition) is 1. The molecule has 0 aliphatic rings. The summed E-state index contributed by atoms with van der Waals surface area (Å²) in [6.07, 6.45) is 16.3. The highest BCUT2D eigenvalue weighted by Gasteiger charge is 2.24. The monoisotopic (exact) mass is 507 g/mol. The van der Waals surface area contributed by atoms with Crippen molar-refractivity contribution in [2.45, 2.75) is 117 Å². The molecule has 0 aromatic carbocycles. The minimum atomic E-state index is -3.73. The van der Waals surface area contributed by atoms with Crippen LogP contribution in [0.2, 0.25) is 0 Å². The van der Waals surface area contributed by atoms with Crippen molar-refractivity contribution in [3.8, 4) is 0 Å². The Kier molecular flexibility index (Phi) is 22.7. The number of rotatable bonds is 25. The van der Waals surface area contributed by atoms with Crippen molar-refractivity contribution in [2.24, 2.45) is 0 Å². The van der Waals surface area contributed by atoms with Gasteiger partial charge in [-0.3, -0.25) is 9.36 Å². The van der Waals surface area contributed by atoms with Crippen LogP contribution in [0.3, 0.4) is 0 Å². The first-order valence-electron chi connectivity index (χ1n) is 13.8. The third-order valence-electron chi connectivity index (χ3n) is 6.08. The molecule has 0 saturated heterocycles. The zero-order valence-electron chi connectivity index (χ0n) is 22.6. The van der Waals surface area contributed by atoms with Gasteiger partial charge in [-0.2, -0.15) is 0 Å². The number of carbonyl (C=O) groups excluding carboxylic acids is 1. The van der Waals surface area contributed by atoms with E-state index >= 15 is 0 Å². The standard InChI is InChI=1S/C26H54NO6P/c1-5-8-9-10-11-12-13-14-15-16-17-18-19-21-31-23-26(33-25(4)28)24-32-34(29,30)22-20-27(6-2)7-3/h26H,5-24H2,1-4H3,(H,29,30). The summed E-state index contributed by atoms with van der Waals surface area (Å²) in [5, 5.41) is 0. The molecule has 0 saturated carbocycles. The summed E-state index contributed by atoms with van der Waals surface area (Å²) >= 11 is 0. The SMILES string of the molecule is CCCCCCCCCCCCCCCOCC(COP(=O)(O)CCN(CC)CC)OC(C)=O. The Labute approximate surface area is 209 Å². The Morgan fingerprint density at radius 1 is 0.824 bits per heavy atom. The zero-order chi connectivity index (χ0) is 25.5. The first kappa shape index (κ1) is 33.5. The van der Waals surface area contributed by atoms with Gasteiger partial charge in [0, 0.05) is 20.1 Å². The van der Waals surface area contributed by atoms with Gasteiger partial charge in [-0.1, -0.05) is 97.8 Å². The number of carbonyl (C=O) groups is 1. The lowest BCUT2D eigenvalue weighted by Gasteiger charge is -2.22. The van der Waals surface area contributed by atoms with E-state index in [0.29, 0.717) is 13.2 Å². The second kappa shape index (κ2) is 23.0. The Bertz CT molecular complexity index is 516. The number of esters is 1. The van der Waals surface area contributed by atoms with E-state index in [1.54, 1.807) is 0 Å². The van der Waals surface area contributed by atoms with Gasteiger partial charge in [0.05, 0.1) is 19.4 Å². The Morgan fingerprint density at radius 3 is 1.79 bits per heavy atom. The maximum atomic E-state index is 12.3. The minimum Gasteiger partial charge on any atom is -0.458 e. The summed E-state index contributed by atoms with van der Waals surface area (Å²) in [6, 6.07) is 0. The Hall–Kier alpha value is -0.460. The second-order valence-electron chi connectivity index (χ2n) is 9.23. The number of hydrogen-bond acceptors (Lipinski definition) is 6. The highest BCUT2D eigenvalue weighted by molar-refractivity contribution is 7.52. The van der Waals surface area contributed by atoms with E-state index in [0.717, 1.165) is 25.9 Å². The smallest absolute Gasteiger partial charge is 0.329 e. The van der Waals surface area contributed by atoms with E-state index in [1.165, 1.54) is 77.6 Å². The van der Waals surface area contributed by atoms with Gasteiger partial charge in [-0.05, 0) is 19.5 Å². The molecule has 0 aromatic heterocycles. The van der Waals surface area contributed by atoms with Crippen molar-refractivity contribution in [1.29, 1.82) is 0 Å². The van der Waals surface area contributed by atoms with Crippen molar-refractivity contribution < 1.29 is 28.3 Å². The van der Waals surface area contributed by atoms with Crippen LogP contribution in [0.5, 0.6) is 0 Å². The fourth-order valence-electron chi connectivity index (χ4n) is 3.86. The molecule has 0 amide bonds. The average molecular weight is 508 g/mol. The molecule has 0 spiro atoms. The summed E-state index contributed by atoms with van der Waals surface area (Å²) in [4.78, 5) is 23.5. The van der Waals surface area contributed by atoms with Crippen LogP contribution in [0.1, 0.15) is 111 Å². The molecule has 8 heteroatoms. The second-order valence-corrected chi connectivity index (χ2v) is 11.2. The van der Waals surface area contributed by atoms with Gasteiger partial charge in [0.25, 0.3) is 0 Å². The van der Waals surface area contributed by atoms with Crippen molar-refractivity contribution in [1.82, 2.24) is 4.90 Å². The Balaban J connectivity index is 3.83. The highest BCUT2D eigenvalue weighted by Crippen LogP contribution is 2.41. The van der Waals surface area contributed by atoms with Gasteiger partial charge in [0.2, 0.25) is 0 Å². The largest absolute Gasteiger partial charge is 0.458 e. The summed E-state index contributed by atoms with van der Waals surface area (Å²) in [6.45, 7) is 10.4. The zero-order valence-corrected chi connectivity index (χ0v) is 23.5. The van der Waals surface area contributed by atoms with Gasteiger partial charge in [0.15, 0.2) is 0 Å². The van der Waals surface area contributed by atoms with Crippen molar-refractivity contribution in [3.63, 3.8) is 0 Å². The van der Waals surface area contributed by atoms with Crippen LogP contribution in [-0.4, -0.2) is 67.5 Å². The molecule has 0 rings (SSSR count). The third-order valence-corrected chi connectivity index (χ3v) is 7.40. The van der Waals surface area contributed by atoms with Gasteiger partial charge in [-0.15, -0.1) is 0 Å². The quantitative estimate of drug-likeness (QED) is 0.0849. The van der Waals surface area contributed by atoms with E-state index in [1.807, 2.05) is 13.8 Å². The van der Waals surface area contributed by atoms with Crippen LogP contribution in [0.25, 0.3) is 0 Å². The van der Waals surface area contributed by atoms with Crippen LogP contribution < -0.4 is 0 Å². The van der Waals surface area contributed by atoms with Crippen molar-refractivity contribution in [3.05, 3.63) is 0 Å². The maximum absolute atomic E-state index is 12.3. The Morgan fingerprint density at radius 2 is 1.32 bits per heavy atom. The number of nitrogens with zero attached hydrogens (tertiary/aromatic N) is 1. The van der Waals surface area contributed by atoms with Crippen LogP contribution in [-0.2, 0) is 23.4 Å². The lowest BCUT2D eigenvalue weighted by molar-refractivity contribution is -0.151. The summed E-state index contributed by atoms with van der Waals surface area (Å²) < 4.78 is 28.4. The van der Waals surface area contributed by atoms with E-state index in [2.05, 4.69) is 11.8 Å². The van der Waals surface area contributed by atoms with Crippen LogP contribution in [0.4, 0.5) is 0 Å². The predicted molar refractivity (Wildman–Crippen MR) is 141 cm³/mol. The van der Waals surface area contributed by atoms with E-state index in [4.69, 9.17) is 14.0 Å². The van der Waals surface area contributed by atoms with E-state index < -0.39 is 19.7 Å². The van der Waals surface area contributed by atoms with E-state index in [9.17, 15) is 14.3 Å². The molecular weight excluding hydrogens is 453 g/mol. The lowest BCUT2D eigenvalue weighted by Crippen LogP contribution is -2.29. The molecular formula is C26H54NO6P. The third kappa shape index (κ3) is 22.0. The van der Waals surface area contributed by atoms with Crippen molar-refractivity contribution >= 4 is 13.6 Å². The molecule has 2 unspecified atom stereocenters. The first-order chi connectivity index (χ1) is 16.3. The molecule has 0 aliphatic heterocycles. The molecule has 0 bridgehead atoms. The molecule has 7 nitrogen and oxygen atoms in total. The number of ether oxygens (including phenoxy) is 2. The molecule has 0 heterocycles. The topological polar surface area (TPSA) is 85.3 Å². The maximum Gasteiger partial charge on any atom is 0.329 e. The summed E-state index contributed by atoms with van der Waals surface area (Å²) in [7, 11) is -3.73. The molecule has 34 heavy (non-hydrogen) atoms. The van der Waals surface area contributed by atoms with Crippen LogP contribution in [0, 0.1) is 0 Å². The predicted octanol–water partition coefficient (Wildman–Crippen LogP) is 6.57. The van der Waals surface area contributed by atoms with Gasteiger partial charge in [0.1, 0.15) is 6.10 Å². The van der Waals surface area contributed by atoms with Gasteiger partial charge < -0.3 is 23.8 Å². The molecule has 2 atom stereocenters. The van der Waals surface area contributed by atoms with E-state index in [-0.39, 0.29) is 19.4 Å². The number of unbranched alkanes of at least 4 members (excludes halogenated alkanes) is 12. The molecule has 0 aliphatic carbocycles. The fraction of sp³-hybridized carbons (Fsp3) is 0.962. The fourth-order valence-corrected chi connectivity index (χ4v) is 4.92. The first-order valence-corrected chi connectivity index (χ1v) is 15.5. The molecule has 204 valence electrons. The minimum absolute atomic E-state index is 0.0568. The van der Waals surface area contributed by atoms with Crippen LogP contribution in [0.15, 0.2) is 0 Å². The average Bonchev–Trinajstić information content (AvgIpc) is 2.80. The summed E-state index contributed by atoms with van der Waals surface area (Å²) in [5.41, 5.74) is 0. The molecule has 0 aromatic rings. The normalized spacial score (nSPS) is 14.3. The molecule has 0 fully saturated rings. The summed E-state index contributed by atoms with van der Waals surface area (Å²) in [5.74, 6) is -0.450. The highest BCUT2D eigenvalue weighted by atomic mass is 31.2. The van der Waals surface area contributed by atoms with Gasteiger partial charge in [-0.25, -0.2) is 0 Å². The van der Waals surface area contributed by atoms with Crippen molar-refractivity contribution in [2.75, 3.05) is 45.6 Å². The molecule has 1 N–H and O–H groups in total. The van der Waals surface area contributed by atoms with Crippen LogP contribution >= 0.6 is 7.60 Å². The lowest BCUT2D eigenvalue weighted by atomic mass is 10.0. The molecule has 0 radical (unpaired) electrons. The van der Waals surface area contributed by atoms with Gasteiger partial charge >= 0.3 is 13.6 Å².